The number of carbonyl (C=O) groups excluding carboxylic acids is 1. The molecule has 0 spiro atoms. The zero-order valence-electron chi connectivity index (χ0n) is 12.9. The first-order valence-electron chi connectivity index (χ1n) is 6.95. The molecule has 2 aromatic rings. The number of rotatable bonds is 5. The number of halogens is 4. The normalized spacial score (nSPS) is 11.6. The van der Waals surface area contributed by atoms with Gasteiger partial charge in [-0.3, -0.25) is 4.79 Å². The van der Waals surface area contributed by atoms with Crippen molar-refractivity contribution in [1.82, 2.24) is 4.90 Å². The van der Waals surface area contributed by atoms with Crippen molar-refractivity contribution in [2.45, 2.75) is 17.2 Å². The van der Waals surface area contributed by atoms with Gasteiger partial charge in [0, 0.05) is 19.2 Å². The van der Waals surface area contributed by atoms with Gasteiger partial charge in [-0.2, -0.15) is 8.78 Å². The Balaban J connectivity index is 2.19. The summed E-state index contributed by atoms with van der Waals surface area (Å²) in [5.41, 5.74) is 0.802. The molecule has 0 bridgehead atoms. The number of carbonyl (C=O) groups is 1. The molecule has 0 unspecified atom stereocenters. The van der Waals surface area contributed by atoms with Gasteiger partial charge in [-0.15, -0.1) is 0 Å². The Morgan fingerprint density at radius 1 is 1.12 bits per heavy atom. The van der Waals surface area contributed by atoms with Crippen LogP contribution in [0.2, 0.25) is 10.0 Å². The highest BCUT2D eigenvalue weighted by molar-refractivity contribution is 7.91. The fourth-order valence-electron chi connectivity index (χ4n) is 2.11. The molecule has 0 saturated carbocycles. The van der Waals surface area contributed by atoms with Crippen LogP contribution in [0, 0.1) is 0 Å². The molecule has 0 N–H and O–H groups in total. The van der Waals surface area contributed by atoms with Crippen molar-refractivity contribution in [2.24, 2.45) is 0 Å². The molecule has 4 nitrogen and oxygen atoms in total. The van der Waals surface area contributed by atoms with E-state index in [0.29, 0.717) is 15.6 Å². The van der Waals surface area contributed by atoms with Crippen LogP contribution in [0.1, 0.15) is 15.9 Å². The average Bonchev–Trinajstić information content (AvgIpc) is 2.58. The minimum atomic E-state index is -4.69. The number of benzene rings is 2. The maximum atomic E-state index is 12.5. The van der Waals surface area contributed by atoms with Crippen molar-refractivity contribution in [3.05, 3.63) is 63.6 Å². The summed E-state index contributed by atoms with van der Waals surface area (Å²) < 4.78 is 47.8. The van der Waals surface area contributed by atoms with Crippen LogP contribution >= 0.6 is 23.2 Å². The van der Waals surface area contributed by atoms with Gasteiger partial charge in [0.1, 0.15) is 0 Å². The second-order valence-corrected chi connectivity index (χ2v) is 7.91. The summed E-state index contributed by atoms with van der Waals surface area (Å²) in [5, 5.41) is 0.698. The van der Waals surface area contributed by atoms with Crippen molar-refractivity contribution in [2.75, 3.05) is 7.05 Å². The SMILES string of the molecule is CN(Cc1cccc(Cl)c1Cl)C(=O)c1ccc(S(=O)(=O)C(F)F)cc1. The molecular formula is C16H13Cl2F2NO3S. The first-order valence-corrected chi connectivity index (χ1v) is 9.25. The summed E-state index contributed by atoms with van der Waals surface area (Å²) in [6.45, 7) is 0.176. The van der Waals surface area contributed by atoms with Crippen molar-refractivity contribution >= 4 is 38.9 Å². The summed E-state index contributed by atoms with van der Waals surface area (Å²) >= 11 is 12.0. The van der Waals surface area contributed by atoms with Crippen LogP contribution in [0.5, 0.6) is 0 Å². The van der Waals surface area contributed by atoms with E-state index >= 15 is 0 Å². The van der Waals surface area contributed by atoms with Gasteiger partial charge in [0.15, 0.2) is 0 Å². The van der Waals surface area contributed by atoms with E-state index in [0.717, 1.165) is 12.1 Å². The Bertz CT molecular complexity index is 887. The highest BCUT2D eigenvalue weighted by atomic mass is 35.5. The zero-order valence-corrected chi connectivity index (χ0v) is 15.2. The second-order valence-electron chi connectivity index (χ2n) is 5.20. The molecule has 25 heavy (non-hydrogen) atoms. The Morgan fingerprint density at radius 2 is 1.72 bits per heavy atom. The quantitative estimate of drug-likeness (QED) is 0.743. The third kappa shape index (κ3) is 4.29. The van der Waals surface area contributed by atoms with E-state index in [4.69, 9.17) is 23.2 Å². The van der Waals surface area contributed by atoms with E-state index in [2.05, 4.69) is 0 Å². The summed E-state index contributed by atoms with van der Waals surface area (Å²) in [5.74, 6) is -3.93. The third-order valence-electron chi connectivity index (χ3n) is 3.45. The molecule has 0 aliphatic carbocycles. The maximum absolute atomic E-state index is 12.5. The van der Waals surface area contributed by atoms with Gasteiger partial charge in [0.25, 0.3) is 5.91 Å². The smallest absolute Gasteiger partial charge is 0.337 e. The van der Waals surface area contributed by atoms with E-state index < -0.39 is 26.4 Å². The molecule has 9 heteroatoms. The van der Waals surface area contributed by atoms with Crippen LogP contribution in [-0.2, 0) is 16.4 Å². The highest BCUT2D eigenvalue weighted by Crippen LogP contribution is 2.26. The molecule has 0 saturated heterocycles. The van der Waals surface area contributed by atoms with Crippen molar-refractivity contribution < 1.29 is 22.0 Å². The lowest BCUT2D eigenvalue weighted by Crippen LogP contribution is -2.26. The highest BCUT2D eigenvalue weighted by Gasteiger charge is 2.26. The van der Waals surface area contributed by atoms with Crippen LogP contribution in [0.25, 0.3) is 0 Å². The molecule has 2 rings (SSSR count). The van der Waals surface area contributed by atoms with Crippen LogP contribution in [0.3, 0.4) is 0 Å². The van der Waals surface area contributed by atoms with Crippen LogP contribution in [0.4, 0.5) is 8.78 Å². The van der Waals surface area contributed by atoms with Gasteiger partial charge in [0.2, 0.25) is 9.84 Å². The minimum absolute atomic E-state index is 0.161. The lowest BCUT2D eigenvalue weighted by molar-refractivity contribution is 0.0785. The average molecular weight is 408 g/mol. The molecule has 0 atom stereocenters. The Kier molecular flexibility index (Phi) is 6.03. The zero-order chi connectivity index (χ0) is 18.8. The van der Waals surface area contributed by atoms with Crippen LogP contribution in [0.15, 0.2) is 47.4 Å². The van der Waals surface area contributed by atoms with E-state index in [9.17, 15) is 22.0 Å². The summed E-state index contributed by atoms with van der Waals surface area (Å²) in [4.78, 5) is 13.2. The molecule has 0 heterocycles. The topological polar surface area (TPSA) is 54.5 Å². The monoisotopic (exact) mass is 407 g/mol. The number of sulfone groups is 1. The molecular weight excluding hydrogens is 395 g/mol. The van der Waals surface area contributed by atoms with Gasteiger partial charge >= 0.3 is 5.76 Å². The first-order chi connectivity index (χ1) is 11.6. The molecule has 0 aliphatic heterocycles. The summed E-state index contributed by atoms with van der Waals surface area (Å²) in [7, 11) is -3.16. The van der Waals surface area contributed by atoms with Crippen LogP contribution in [-0.4, -0.2) is 32.0 Å². The van der Waals surface area contributed by atoms with E-state index in [1.54, 1.807) is 18.2 Å². The van der Waals surface area contributed by atoms with Crippen molar-refractivity contribution in [3.8, 4) is 0 Å². The van der Waals surface area contributed by atoms with E-state index in [-0.39, 0.29) is 12.1 Å². The molecule has 0 radical (unpaired) electrons. The predicted molar refractivity (Wildman–Crippen MR) is 91.9 cm³/mol. The van der Waals surface area contributed by atoms with Gasteiger partial charge < -0.3 is 4.90 Å². The van der Waals surface area contributed by atoms with E-state index in [1.807, 2.05) is 0 Å². The van der Waals surface area contributed by atoms with Gasteiger partial charge in [-0.1, -0.05) is 35.3 Å². The lowest BCUT2D eigenvalue weighted by atomic mass is 10.1. The molecule has 0 aliphatic rings. The number of hydrogen-bond acceptors (Lipinski definition) is 3. The first kappa shape index (κ1) is 19.6. The third-order valence-corrected chi connectivity index (χ3v) is 5.71. The van der Waals surface area contributed by atoms with Gasteiger partial charge in [-0.05, 0) is 35.9 Å². The summed E-state index contributed by atoms with van der Waals surface area (Å²) in [6.07, 6.45) is 0. The lowest BCUT2D eigenvalue weighted by Gasteiger charge is -2.18. The molecule has 134 valence electrons. The Hall–Kier alpha value is -1.70. The fraction of sp³-hybridized carbons (Fsp3) is 0.188. The number of nitrogens with zero attached hydrogens (tertiary/aromatic N) is 1. The standard InChI is InChI=1S/C16H13Cl2F2NO3S/c1-21(9-11-3-2-4-13(17)14(11)18)15(22)10-5-7-12(8-6-10)25(23,24)16(19)20/h2-8,16H,9H2,1H3. The minimum Gasteiger partial charge on any atom is -0.337 e. The molecule has 1 amide bonds. The Morgan fingerprint density at radius 3 is 2.28 bits per heavy atom. The predicted octanol–water partition coefficient (Wildman–Crippen LogP) is 4.26. The largest absolute Gasteiger partial charge is 0.341 e. The fourth-order valence-corrected chi connectivity index (χ4v) is 3.21. The second kappa shape index (κ2) is 7.68. The number of alkyl halides is 2. The maximum Gasteiger partial charge on any atom is 0.341 e. The Labute approximate surface area is 153 Å². The van der Waals surface area contributed by atoms with Gasteiger partial charge in [0.05, 0.1) is 14.9 Å². The molecule has 0 fully saturated rings. The van der Waals surface area contributed by atoms with Crippen LogP contribution < -0.4 is 0 Å². The summed E-state index contributed by atoms with van der Waals surface area (Å²) in [6, 6.07) is 9.38. The molecule has 2 aromatic carbocycles. The van der Waals surface area contributed by atoms with E-state index in [1.165, 1.54) is 24.1 Å². The number of hydrogen-bond donors (Lipinski definition) is 0. The molecule has 0 aromatic heterocycles. The van der Waals surface area contributed by atoms with Gasteiger partial charge in [-0.25, -0.2) is 8.42 Å². The van der Waals surface area contributed by atoms with Crippen molar-refractivity contribution in [3.63, 3.8) is 0 Å². The van der Waals surface area contributed by atoms with Crippen molar-refractivity contribution in [1.29, 1.82) is 0 Å². The number of amides is 1.